The van der Waals surface area contributed by atoms with Crippen molar-refractivity contribution < 1.29 is 9.84 Å². The zero-order valence-corrected chi connectivity index (χ0v) is 12.1. The van der Waals surface area contributed by atoms with Crippen molar-refractivity contribution >= 4 is 0 Å². The first kappa shape index (κ1) is 13.4. The summed E-state index contributed by atoms with van der Waals surface area (Å²) in [7, 11) is 0. The second-order valence-corrected chi connectivity index (χ2v) is 6.33. The second kappa shape index (κ2) is 4.58. The Hall–Kier alpha value is -1.02. The van der Waals surface area contributed by atoms with Gasteiger partial charge < -0.3 is 9.84 Å². The van der Waals surface area contributed by atoms with Crippen LogP contribution >= 0.6 is 0 Å². The molecule has 0 aromatic heterocycles. The molecule has 0 amide bonds. The lowest BCUT2D eigenvalue weighted by atomic mass is 9.89. The van der Waals surface area contributed by atoms with E-state index in [1.807, 2.05) is 0 Å². The molecule has 0 saturated heterocycles. The van der Waals surface area contributed by atoms with Crippen LogP contribution in [-0.4, -0.2) is 17.3 Å². The second-order valence-electron chi connectivity index (χ2n) is 6.33. The molecule has 1 aromatic rings. The summed E-state index contributed by atoms with van der Waals surface area (Å²) in [6.45, 7) is 10.5. The molecule has 0 radical (unpaired) electrons. The van der Waals surface area contributed by atoms with E-state index in [4.69, 9.17) is 4.74 Å². The molecule has 18 heavy (non-hydrogen) atoms. The first-order valence-corrected chi connectivity index (χ1v) is 6.74. The maximum absolute atomic E-state index is 10.3. The van der Waals surface area contributed by atoms with E-state index in [9.17, 15) is 5.11 Å². The molecule has 0 spiro atoms. The van der Waals surface area contributed by atoms with E-state index in [0.29, 0.717) is 0 Å². The lowest BCUT2D eigenvalue weighted by Gasteiger charge is -2.26. The Labute approximate surface area is 110 Å². The van der Waals surface area contributed by atoms with Crippen LogP contribution in [0.1, 0.15) is 43.4 Å². The Morgan fingerprint density at radius 2 is 1.89 bits per heavy atom. The van der Waals surface area contributed by atoms with Crippen LogP contribution in [0.2, 0.25) is 0 Å². The van der Waals surface area contributed by atoms with Gasteiger partial charge in [0.2, 0.25) is 0 Å². The fourth-order valence-corrected chi connectivity index (χ4v) is 2.73. The molecule has 1 N–H and O–H groups in total. The monoisotopic (exact) mass is 248 g/mol. The molecule has 0 aliphatic heterocycles. The molecule has 1 saturated carbocycles. The zero-order valence-electron chi connectivity index (χ0n) is 12.1. The quantitative estimate of drug-likeness (QED) is 0.867. The molecule has 2 heteroatoms. The normalized spacial score (nSPS) is 26.3. The number of hydrogen-bond acceptors (Lipinski definition) is 2. The van der Waals surface area contributed by atoms with Crippen molar-refractivity contribution in [2.24, 2.45) is 5.41 Å². The Morgan fingerprint density at radius 1 is 1.22 bits per heavy atom. The van der Waals surface area contributed by atoms with Gasteiger partial charge >= 0.3 is 0 Å². The van der Waals surface area contributed by atoms with E-state index in [2.05, 4.69) is 46.8 Å². The first-order valence-electron chi connectivity index (χ1n) is 6.74. The van der Waals surface area contributed by atoms with Gasteiger partial charge in [-0.3, -0.25) is 0 Å². The van der Waals surface area contributed by atoms with Crippen molar-refractivity contribution in [3.8, 4) is 5.75 Å². The average molecular weight is 248 g/mol. The molecule has 1 fully saturated rings. The highest BCUT2D eigenvalue weighted by Gasteiger charge is 2.42. The van der Waals surface area contributed by atoms with E-state index in [0.717, 1.165) is 18.6 Å². The van der Waals surface area contributed by atoms with Crippen LogP contribution in [0.3, 0.4) is 0 Å². The van der Waals surface area contributed by atoms with Crippen LogP contribution in [0.5, 0.6) is 5.75 Å². The van der Waals surface area contributed by atoms with Gasteiger partial charge in [-0.2, -0.15) is 0 Å². The van der Waals surface area contributed by atoms with Gasteiger partial charge in [0, 0.05) is 0 Å². The molecule has 1 aromatic carbocycles. The van der Waals surface area contributed by atoms with Crippen molar-refractivity contribution in [3.63, 3.8) is 0 Å². The highest BCUT2D eigenvalue weighted by atomic mass is 16.5. The first-order chi connectivity index (χ1) is 8.31. The number of ether oxygens (including phenoxy) is 1. The molecule has 1 aliphatic carbocycles. The summed E-state index contributed by atoms with van der Waals surface area (Å²) in [5, 5.41) is 10.3. The average Bonchev–Trinajstić information content (AvgIpc) is 2.52. The van der Waals surface area contributed by atoms with E-state index in [-0.39, 0.29) is 17.6 Å². The van der Waals surface area contributed by atoms with Gasteiger partial charge in [-0.05, 0) is 61.8 Å². The van der Waals surface area contributed by atoms with Crippen LogP contribution in [0.15, 0.2) is 12.1 Å². The van der Waals surface area contributed by atoms with Gasteiger partial charge in [0.1, 0.15) is 11.9 Å². The summed E-state index contributed by atoms with van der Waals surface area (Å²) in [4.78, 5) is 0. The number of rotatable bonds is 2. The highest BCUT2D eigenvalue weighted by Crippen LogP contribution is 2.40. The summed E-state index contributed by atoms with van der Waals surface area (Å²) >= 11 is 0. The van der Waals surface area contributed by atoms with Crippen molar-refractivity contribution in [1.29, 1.82) is 0 Å². The Balaban J connectivity index is 2.21. The van der Waals surface area contributed by atoms with Crippen LogP contribution in [0, 0.1) is 26.2 Å². The Kier molecular flexibility index (Phi) is 3.41. The minimum Gasteiger partial charge on any atom is -0.487 e. The van der Waals surface area contributed by atoms with Gasteiger partial charge in [-0.15, -0.1) is 0 Å². The Bertz CT molecular complexity index is 449. The molecule has 2 nitrogen and oxygen atoms in total. The standard InChI is InChI=1S/C16H24O2/c1-10-8-11(2)12(3)14(9-10)18-13-6-7-16(4,5)15(13)17/h8-9,13,15,17H,6-7H2,1-5H3. The zero-order chi connectivity index (χ0) is 13.5. The van der Waals surface area contributed by atoms with E-state index in [1.165, 1.54) is 16.7 Å². The predicted octanol–water partition coefficient (Wildman–Crippen LogP) is 3.54. The van der Waals surface area contributed by atoms with Gasteiger partial charge in [-0.25, -0.2) is 0 Å². The topological polar surface area (TPSA) is 29.5 Å². The molecule has 2 unspecified atom stereocenters. The molecule has 1 aliphatic rings. The maximum Gasteiger partial charge on any atom is 0.125 e. The molecule has 100 valence electrons. The summed E-state index contributed by atoms with van der Waals surface area (Å²) < 4.78 is 6.07. The molecule has 0 bridgehead atoms. The van der Waals surface area contributed by atoms with Crippen molar-refractivity contribution in [2.75, 3.05) is 0 Å². The minimum absolute atomic E-state index is 0.0303. The van der Waals surface area contributed by atoms with Crippen molar-refractivity contribution in [3.05, 3.63) is 28.8 Å². The SMILES string of the molecule is Cc1cc(C)c(C)c(OC2CCC(C)(C)C2O)c1. The number of aliphatic hydroxyl groups is 1. The van der Waals surface area contributed by atoms with E-state index >= 15 is 0 Å². The number of aryl methyl sites for hydroxylation is 2. The fourth-order valence-electron chi connectivity index (χ4n) is 2.73. The van der Waals surface area contributed by atoms with Crippen molar-refractivity contribution in [1.82, 2.24) is 0 Å². The largest absolute Gasteiger partial charge is 0.487 e. The van der Waals surface area contributed by atoms with Crippen LogP contribution < -0.4 is 4.74 Å². The number of hydrogen-bond donors (Lipinski definition) is 1. The third-order valence-electron chi connectivity index (χ3n) is 4.27. The molecule has 0 heterocycles. The van der Waals surface area contributed by atoms with E-state index < -0.39 is 0 Å². The molecular formula is C16H24O2. The van der Waals surface area contributed by atoms with Gasteiger partial charge in [0.25, 0.3) is 0 Å². The van der Waals surface area contributed by atoms with Crippen LogP contribution in [0.4, 0.5) is 0 Å². The predicted molar refractivity (Wildman–Crippen MR) is 74.1 cm³/mol. The van der Waals surface area contributed by atoms with Crippen molar-refractivity contribution in [2.45, 2.75) is 59.7 Å². The minimum atomic E-state index is -0.377. The maximum atomic E-state index is 10.3. The number of benzene rings is 1. The van der Waals surface area contributed by atoms with Crippen LogP contribution in [0.25, 0.3) is 0 Å². The molecule has 2 atom stereocenters. The van der Waals surface area contributed by atoms with E-state index in [1.54, 1.807) is 0 Å². The van der Waals surface area contributed by atoms with Gasteiger partial charge in [-0.1, -0.05) is 19.9 Å². The summed E-state index contributed by atoms with van der Waals surface area (Å²) in [6, 6.07) is 4.23. The summed E-state index contributed by atoms with van der Waals surface area (Å²) in [5.41, 5.74) is 3.60. The summed E-state index contributed by atoms with van der Waals surface area (Å²) in [6.07, 6.45) is 1.50. The third kappa shape index (κ3) is 2.39. The Morgan fingerprint density at radius 3 is 2.44 bits per heavy atom. The lowest BCUT2D eigenvalue weighted by molar-refractivity contribution is 0.00464. The van der Waals surface area contributed by atoms with Crippen LogP contribution in [-0.2, 0) is 0 Å². The number of aliphatic hydroxyl groups excluding tert-OH is 1. The highest BCUT2D eigenvalue weighted by molar-refractivity contribution is 5.42. The smallest absolute Gasteiger partial charge is 0.125 e. The summed E-state index contributed by atoms with van der Waals surface area (Å²) in [5.74, 6) is 0.925. The van der Waals surface area contributed by atoms with Gasteiger partial charge in [0.05, 0.1) is 6.10 Å². The third-order valence-corrected chi connectivity index (χ3v) is 4.27. The lowest BCUT2D eigenvalue weighted by Crippen LogP contribution is -2.34. The fraction of sp³-hybridized carbons (Fsp3) is 0.625. The van der Waals surface area contributed by atoms with Gasteiger partial charge in [0.15, 0.2) is 0 Å². The molecule has 2 rings (SSSR count). The molecular weight excluding hydrogens is 224 g/mol.